The lowest BCUT2D eigenvalue weighted by Gasteiger charge is -2.06. The molecule has 19 heavy (non-hydrogen) atoms. The molecule has 96 valence electrons. The summed E-state index contributed by atoms with van der Waals surface area (Å²) < 4.78 is 5.57. The molecule has 0 fully saturated rings. The summed E-state index contributed by atoms with van der Waals surface area (Å²) in [5, 5.41) is 0. The maximum absolute atomic E-state index is 10.8. The van der Waals surface area contributed by atoms with Crippen LogP contribution >= 0.6 is 0 Å². The van der Waals surface area contributed by atoms with Crippen LogP contribution < -0.4 is 0 Å². The molecule has 0 aromatic heterocycles. The third kappa shape index (κ3) is 3.86. The van der Waals surface area contributed by atoms with Gasteiger partial charge in [0.1, 0.15) is 12.6 Å². The Bertz CT molecular complexity index is 535. The zero-order chi connectivity index (χ0) is 13.5. The smallest absolute Gasteiger partial charge is 0.150 e. The minimum absolute atomic E-state index is 0.372. The number of hydrogen-bond acceptors (Lipinski definition) is 3. The van der Waals surface area contributed by atoms with Crippen molar-refractivity contribution in [2.75, 3.05) is 0 Å². The van der Waals surface area contributed by atoms with Crippen molar-refractivity contribution in [3.05, 3.63) is 70.8 Å². The molecule has 0 saturated carbocycles. The lowest BCUT2D eigenvalue weighted by atomic mass is 10.1. The van der Waals surface area contributed by atoms with E-state index in [1.165, 1.54) is 0 Å². The van der Waals surface area contributed by atoms with E-state index >= 15 is 0 Å². The second kappa shape index (κ2) is 6.61. The molecule has 0 aliphatic heterocycles. The SMILES string of the molecule is O=Cc1cc(C=O)cc(COCc2ccccc2)c1. The standard InChI is InChI=1S/C16H14O3/c17-9-14-6-15(10-18)8-16(7-14)12-19-11-13-4-2-1-3-5-13/h1-10H,11-12H2. The minimum Gasteiger partial charge on any atom is -0.372 e. The molecular weight excluding hydrogens is 240 g/mol. The van der Waals surface area contributed by atoms with E-state index in [1.807, 2.05) is 30.3 Å². The van der Waals surface area contributed by atoms with Crippen LogP contribution in [0, 0.1) is 0 Å². The van der Waals surface area contributed by atoms with Crippen LogP contribution in [0.1, 0.15) is 31.8 Å². The molecule has 3 heteroatoms. The number of carbonyl (C=O) groups excluding carboxylic acids is 2. The summed E-state index contributed by atoms with van der Waals surface area (Å²) >= 11 is 0. The molecule has 0 aliphatic carbocycles. The van der Waals surface area contributed by atoms with Crippen LogP contribution in [0.4, 0.5) is 0 Å². The Balaban J connectivity index is 1.99. The Hall–Kier alpha value is -2.26. The van der Waals surface area contributed by atoms with Crippen molar-refractivity contribution in [2.45, 2.75) is 13.2 Å². The predicted molar refractivity (Wildman–Crippen MR) is 72.2 cm³/mol. The lowest BCUT2D eigenvalue weighted by molar-refractivity contribution is 0.106. The Morgan fingerprint density at radius 3 is 1.95 bits per heavy atom. The topological polar surface area (TPSA) is 43.4 Å². The van der Waals surface area contributed by atoms with Gasteiger partial charge in [-0.05, 0) is 29.3 Å². The van der Waals surface area contributed by atoms with Crippen LogP contribution in [-0.2, 0) is 18.0 Å². The Morgan fingerprint density at radius 1 is 0.789 bits per heavy atom. The average Bonchev–Trinajstić information content (AvgIpc) is 2.48. The highest BCUT2D eigenvalue weighted by molar-refractivity contribution is 5.82. The molecule has 2 aromatic rings. The summed E-state index contributed by atoms with van der Waals surface area (Å²) in [6.07, 6.45) is 1.46. The molecular formula is C16H14O3. The van der Waals surface area contributed by atoms with Gasteiger partial charge in [0.2, 0.25) is 0 Å². The van der Waals surface area contributed by atoms with Gasteiger partial charge in [-0.2, -0.15) is 0 Å². The van der Waals surface area contributed by atoms with Crippen molar-refractivity contribution in [3.63, 3.8) is 0 Å². The molecule has 0 bridgehead atoms. The van der Waals surface area contributed by atoms with Gasteiger partial charge in [0, 0.05) is 11.1 Å². The molecule has 0 saturated heterocycles. The van der Waals surface area contributed by atoms with Crippen LogP contribution in [0.2, 0.25) is 0 Å². The van der Waals surface area contributed by atoms with Crippen molar-refractivity contribution in [1.29, 1.82) is 0 Å². The van der Waals surface area contributed by atoms with Crippen molar-refractivity contribution in [3.8, 4) is 0 Å². The van der Waals surface area contributed by atoms with E-state index in [0.717, 1.165) is 23.7 Å². The molecule has 0 unspecified atom stereocenters. The zero-order valence-corrected chi connectivity index (χ0v) is 10.4. The Labute approximate surface area is 111 Å². The maximum atomic E-state index is 10.8. The first-order chi connectivity index (χ1) is 9.31. The first-order valence-corrected chi connectivity index (χ1v) is 5.98. The van der Waals surface area contributed by atoms with Gasteiger partial charge in [-0.3, -0.25) is 9.59 Å². The van der Waals surface area contributed by atoms with E-state index in [1.54, 1.807) is 18.2 Å². The van der Waals surface area contributed by atoms with Gasteiger partial charge in [0.05, 0.1) is 13.2 Å². The van der Waals surface area contributed by atoms with E-state index in [2.05, 4.69) is 0 Å². The highest BCUT2D eigenvalue weighted by Gasteiger charge is 2.01. The molecule has 0 heterocycles. The third-order valence-electron chi connectivity index (χ3n) is 2.69. The molecule has 0 N–H and O–H groups in total. The van der Waals surface area contributed by atoms with E-state index in [9.17, 15) is 9.59 Å². The van der Waals surface area contributed by atoms with Gasteiger partial charge < -0.3 is 4.74 Å². The van der Waals surface area contributed by atoms with Gasteiger partial charge >= 0.3 is 0 Å². The fourth-order valence-corrected chi connectivity index (χ4v) is 1.83. The van der Waals surface area contributed by atoms with Gasteiger partial charge in [-0.15, -0.1) is 0 Å². The number of carbonyl (C=O) groups is 2. The third-order valence-corrected chi connectivity index (χ3v) is 2.69. The number of aldehydes is 2. The van der Waals surface area contributed by atoms with E-state index in [-0.39, 0.29) is 0 Å². The first-order valence-electron chi connectivity index (χ1n) is 5.98. The summed E-state index contributed by atoms with van der Waals surface area (Å²) in [5.41, 5.74) is 2.89. The maximum Gasteiger partial charge on any atom is 0.150 e. The summed E-state index contributed by atoms with van der Waals surface area (Å²) in [5.74, 6) is 0. The first kappa shape index (κ1) is 13.2. The largest absolute Gasteiger partial charge is 0.372 e. The van der Waals surface area contributed by atoms with E-state index < -0.39 is 0 Å². The minimum atomic E-state index is 0.372. The second-order valence-corrected chi connectivity index (χ2v) is 4.22. The van der Waals surface area contributed by atoms with Crippen LogP contribution in [0.5, 0.6) is 0 Å². The van der Waals surface area contributed by atoms with Gasteiger partial charge in [-0.1, -0.05) is 30.3 Å². The van der Waals surface area contributed by atoms with Crippen molar-refractivity contribution >= 4 is 12.6 Å². The molecule has 0 spiro atoms. The number of hydrogen-bond donors (Lipinski definition) is 0. The summed E-state index contributed by atoms with van der Waals surface area (Å²) in [4.78, 5) is 21.5. The van der Waals surface area contributed by atoms with Crippen molar-refractivity contribution in [2.24, 2.45) is 0 Å². The van der Waals surface area contributed by atoms with E-state index in [0.29, 0.717) is 24.3 Å². The van der Waals surface area contributed by atoms with Gasteiger partial charge in [0.15, 0.2) is 0 Å². The second-order valence-electron chi connectivity index (χ2n) is 4.22. The number of ether oxygens (including phenoxy) is 1. The fraction of sp³-hybridized carbons (Fsp3) is 0.125. The highest BCUT2D eigenvalue weighted by Crippen LogP contribution is 2.10. The zero-order valence-electron chi connectivity index (χ0n) is 10.4. The predicted octanol–water partition coefficient (Wildman–Crippen LogP) is 3.03. The lowest BCUT2D eigenvalue weighted by Crippen LogP contribution is -1.97. The normalized spacial score (nSPS) is 10.1. The number of benzene rings is 2. The molecule has 3 nitrogen and oxygen atoms in total. The molecule has 2 rings (SSSR count). The molecule has 0 radical (unpaired) electrons. The quantitative estimate of drug-likeness (QED) is 0.744. The fourth-order valence-electron chi connectivity index (χ4n) is 1.83. The Kier molecular flexibility index (Phi) is 4.59. The molecule has 0 aliphatic rings. The molecule has 0 atom stereocenters. The Morgan fingerprint density at radius 2 is 1.37 bits per heavy atom. The van der Waals surface area contributed by atoms with Crippen LogP contribution in [0.3, 0.4) is 0 Å². The van der Waals surface area contributed by atoms with Crippen molar-refractivity contribution < 1.29 is 14.3 Å². The van der Waals surface area contributed by atoms with Crippen molar-refractivity contribution in [1.82, 2.24) is 0 Å². The summed E-state index contributed by atoms with van der Waals surface area (Å²) in [7, 11) is 0. The highest BCUT2D eigenvalue weighted by atomic mass is 16.5. The van der Waals surface area contributed by atoms with Gasteiger partial charge in [-0.25, -0.2) is 0 Å². The van der Waals surface area contributed by atoms with Crippen LogP contribution in [0.25, 0.3) is 0 Å². The number of rotatable bonds is 6. The molecule has 2 aromatic carbocycles. The summed E-state index contributed by atoms with van der Waals surface area (Å²) in [6, 6.07) is 14.8. The average molecular weight is 254 g/mol. The summed E-state index contributed by atoms with van der Waals surface area (Å²) in [6.45, 7) is 0.875. The molecule has 0 amide bonds. The van der Waals surface area contributed by atoms with Crippen LogP contribution in [-0.4, -0.2) is 12.6 Å². The van der Waals surface area contributed by atoms with Crippen LogP contribution in [0.15, 0.2) is 48.5 Å². The van der Waals surface area contributed by atoms with Gasteiger partial charge in [0.25, 0.3) is 0 Å². The van der Waals surface area contributed by atoms with E-state index in [4.69, 9.17) is 4.74 Å². The monoisotopic (exact) mass is 254 g/mol.